The number of ether oxygens (including phenoxy) is 2. The summed E-state index contributed by atoms with van der Waals surface area (Å²) in [7, 11) is 0. The minimum atomic E-state index is -0.0975. The van der Waals surface area contributed by atoms with Crippen molar-refractivity contribution in [1.82, 2.24) is 5.32 Å². The minimum absolute atomic E-state index is 0.0168. The number of benzene rings is 2. The third-order valence-electron chi connectivity index (χ3n) is 4.58. The van der Waals surface area contributed by atoms with Gasteiger partial charge in [-0.3, -0.25) is 4.79 Å². The van der Waals surface area contributed by atoms with Crippen molar-refractivity contribution in [2.75, 3.05) is 37.8 Å². The molecule has 0 atom stereocenters. The zero-order valence-corrected chi connectivity index (χ0v) is 14.7. The standard InChI is InChI=1S/C19H21ClN2O3/c20-19-15-4-2-1-3-14(15)16(22-7-9-24-10-8-22)11-17(19)25-12-18(23)21-13-5-6-13/h1-4,11,13H,5-10,12H2,(H,21,23). The third kappa shape index (κ3) is 3.67. The number of amides is 1. The lowest BCUT2D eigenvalue weighted by Gasteiger charge is -2.30. The fourth-order valence-electron chi connectivity index (χ4n) is 3.11. The van der Waals surface area contributed by atoms with Crippen molar-refractivity contribution in [3.63, 3.8) is 0 Å². The molecule has 0 spiro atoms. The van der Waals surface area contributed by atoms with Crippen LogP contribution in [-0.4, -0.2) is 44.9 Å². The van der Waals surface area contributed by atoms with E-state index in [1.807, 2.05) is 24.3 Å². The number of anilines is 1. The molecular formula is C19H21ClN2O3. The molecule has 0 bridgehead atoms. The Hall–Kier alpha value is -1.98. The number of carbonyl (C=O) groups is 1. The quantitative estimate of drug-likeness (QED) is 0.890. The van der Waals surface area contributed by atoms with Gasteiger partial charge in [0.15, 0.2) is 6.61 Å². The highest BCUT2D eigenvalue weighted by Gasteiger charge is 2.24. The molecule has 1 amide bonds. The summed E-state index contributed by atoms with van der Waals surface area (Å²) in [6.07, 6.45) is 2.12. The van der Waals surface area contributed by atoms with E-state index in [1.54, 1.807) is 0 Å². The summed E-state index contributed by atoms with van der Waals surface area (Å²) < 4.78 is 11.2. The predicted octanol–water partition coefficient (Wildman–Crippen LogP) is 2.99. The van der Waals surface area contributed by atoms with Crippen molar-refractivity contribution in [3.8, 4) is 5.75 Å². The maximum Gasteiger partial charge on any atom is 0.258 e. The van der Waals surface area contributed by atoms with Gasteiger partial charge in [-0.1, -0.05) is 35.9 Å². The first-order valence-electron chi connectivity index (χ1n) is 8.68. The Morgan fingerprint density at radius 1 is 1.24 bits per heavy atom. The molecule has 5 nitrogen and oxygen atoms in total. The molecule has 2 aliphatic rings. The lowest BCUT2D eigenvalue weighted by Crippen LogP contribution is -2.36. The molecule has 132 valence electrons. The molecular weight excluding hydrogens is 340 g/mol. The van der Waals surface area contributed by atoms with Crippen LogP contribution >= 0.6 is 11.6 Å². The second kappa shape index (κ2) is 7.10. The Bertz CT molecular complexity index is 786. The van der Waals surface area contributed by atoms with Gasteiger partial charge in [0.1, 0.15) is 5.75 Å². The van der Waals surface area contributed by atoms with Gasteiger partial charge in [-0.2, -0.15) is 0 Å². The predicted molar refractivity (Wildman–Crippen MR) is 98.6 cm³/mol. The van der Waals surface area contributed by atoms with Crippen LogP contribution in [0.25, 0.3) is 10.8 Å². The van der Waals surface area contributed by atoms with Crippen LogP contribution in [-0.2, 0) is 9.53 Å². The van der Waals surface area contributed by atoms with Gasteiger partial charge >= 0.3 is 0 Å². The Morgan fingerprint density at radius 3 is 2.68 bits per heavy atom. The summed E-state index contributed by atoms with van der Waals surface area (Å²) in [6, 6.07) is 10.3. The SMILES string of the molecule is O=C(COc1cc(N2CCOCC2)c2ccccc2c1Cl)NC1CC1. The average molecular weight is 361 g/mol. The van der Waals surface area contributed by atoms with Crippen molar-refractivity contribution < 1.29 is 14.3 Å². The number of halogens is 1. The summed E-state index contributed by atoms with van der Waals surface area (Å²) in [6.45, 7) is 3.05. The number of carbonyl (C=O) groups excluding carboxylic acids is 1. The van der Waals surface area contributed by atoms with Gasteiger partial charge in [0.2, 0.25) is 0 Å². The molecule has 0 radical (unpaired) electrons. The highest BCUT2D eigenvalue weighted by atomic mass is 35.5. The van der Waals surface area contributed by atoms with E-state index in [1.165, 1.54) is 0 Å². The Labute approximate surface area is 151 Å². The van der Waals surface area contributed by atoms with Crippen molar-refractivity contribution in [2.45, 2.75) is 18.9 Å². The van der Waals surface area contributed by atoms with Crippen LogP contribution in [0.1, 0.15) is 12.8 Å². The van der Waals surface area contributed by atoms with Crippen LogP contribution in [0.2, 0.25) is 5.02 Å². The van der Waals surface area contributed by atoms with Crippen LogP contribution in [0.3, 0.4) is 0 Å². The fraction of sp³-hybridized carbons (Fsp3) is 0.421. The van der Waals surface area contributed by atoms with E-state index in [9.17, 15) is 4.79 Å². The molecule has 1 heterocycles. The first kappa shape index (κ1) is 16.5. The second-order valence-corrected chi connectivity index (χ2v) is 6.86. The number of hydrogen-bond donors (Lipinski definition) is 1. The summed E-state index contributed by atoms with van der Waals surface area (Å²) in [4.78, 5) is 14.2. The topological polar surface area (TPSA) is 50.8 Å². The van der Waals surface area contributed by atoms with Crippen LogP contribution in [0, 0.1) is 0 Å². The molecule has 1 saturated heterocycles. The lowest BCUT2D eigenvalue weighted by atomic mass is 10.1. The summed E-state index contributed by atoms with van der Waals surface area (Å²) in [5, 5.41) is 5.50. The maximum atomic E-state index is 11.9. The molecule has 0 unspecified atom stereocenters. The lowest BCUT2D eigenvalue weighted by molar-refractivity contribution is -0.123. The van der Waals surface area contributed by atoms with Crippen molar-refractivity contribution in [1.29, 1.82) is 0 Å². The average Bonchev–Trinajstić information content (AvgIpc) is 3.46. The Morgan fingerprint density at radius 2 is 1.96 bits per heavy atom. The van der Waals surface area contributed by atoms with Gasteiger partial charge in [-0.25, -0.2) is 0 Å². The van der Waals surface area contributed by atoms with Gasteiger partial charge in [0, 0.05) is 41.7 Å². The zero-order valence-electron chi connectivity index (χ0n) is 14.0. The highest BCUT2D eigenvalue weighted by molar-refractivity contribution is 6.37. The molecule has 1 aliphatic carbocycles. The molecule has 25 heavy (non-hydrogen) atoms. The van der Waals surface area contributed by atoms with E-state index < -0.39 is 0 Å². The largest absolute Gasteiger partial charge is 0.482 e. The Balaban J connectivity index is 1.63. The van der Waals surface area contributed by atoms with E-state index in [2.05, 4.69) is 16.3 Å². The van der Waals surface area contributed by atoms with Gasteiger partial charge in [0.25, 0.3) is 5.91 Å². The zero-order chi connectivity index (χ0) is 17.2. The van der Waals surface area contributed by atoms with Gasteiger partial charge in [0.05, 0.1) is 18.2 Å². The van der Waals surface area contributed by atoms with E-state index in [0.29, 0.717) is 30.0 Å². The number of nitrogens with one attached hydrogen (secondary N) is 1. The smallest absolute Gasteiger partial charge is 0.258 e. The molecule has 1 saturated carbocycles. The monoisotopic (exact) mass is 360 g/mol. The van der Waals surface area contributed by atoms with Crippen molar-refractivity contribution in [2.24, 2.45) is 0 Å². The van der Waals surface area contributed by atoms with Gasteiger partial charge in [-0.15, -0.1) is 0 Å². The molecule has 1 N–H and O–H groups in total. The van der Waals surface area contributed by atoms with E-state index in [4.69, 9.17) is 21.1 Å². The van der Waals surface area contributed by atoms with Crippen LogP contribution in [0.15, 0.2) is 30.3 Å². The normalized spacial score (nSPS) is 17.6. The van der Waals surface area contributed by atoms with Crippen LogP contribution in [0.5, 0.6) is 5.75 Å². The first-order valence-corrected chi connectivity index (χ1v) is 9.06. The molecule has 2 aromatic carbocycles. The van der Waals surface area contributed by atoms with E-state index >= 15 is 0 Å². The molecule has 2 aromatic rings. The third-order valence-corrected chi connectivity index (χ3v) is 4.97. The molecule has 1 aliphatic heterocycles. The van der Waals surface area contributed by atoms with Crippen molar-refractivity contribution in [3.05, 3.63) is 35.4 Å². The summed E-state index contributed by atoms with van der Waals surface area (Å²) in [5.41, 5.74) is 1.07. The molecule has 6 heteroatoms. The maximum absolute atomic E-state index is 11.9. The first-order chi connectivity index (χ1) is 12.2. The van der Waals surface area contributed by atoms with Crippen LogP contribution in [0.4, 0.5) is 5.69 Å². The Kier molecular flexibility index (Phi) is 4.68. The number of fused-ring (bicyclic) bond motifs is 1. The number of hydrogen-bond acceptors (Lipinski definition) is 4. The molecule has 4 rings (SSSR count). The van der Waals surface area contributed by atoms with E-state index in [-0.39, 0.29) is 12.5 Å². The molecule has 0 aromatic heterocycles. The second-order valence-electron chi connectivity index (χ2n) is 6.48. The number of morpholine rings is 1. The fourth-order valence-corrected chi connectivity index (χ4v) is 3.38. The van der Waals surface area contributed by atoms with E-state index in [0.717, 1.165) is 42.4 Å². The minimum Gasteiger partial charge on any atom is -0.482 e. The highest BCUT2D eigenvalue weighted by Crippen LogP contribution is 2.39. The van der Waals surface area contributed by atoms with Crippen LogP contribution < -0.4 is 15.0 Å². The summed E-state index contributed by atoms with van der Waals surface area (Å²) in [5.74, 6) is 0.451. The number of rotatable bonds is 5. The van der Waals surface area contributed by atoms with Gasteiger partial charge < -0.3 is 19.7 Å². The number of nitrogens with zero attached hydrogens (tertiary/aromatic N) is 1. The molecule has 2 fully saturated rings. The summed E-state index contributed by atoms with van der Waals surface area (Å²) >= 11 is 6.55. The van der Waals surface area contributed by atoms with Gasteiger partial charge in [-0.05, 0) is 12.8 Å². The van der Waals surface area contributed by atoms with Crippen molar-refractivity contribution >= 4 is 34.0 Å².